The summed E-state index contributed by atoms with van der Waals surface area (Å²) < 4.78 is 13.9. The number of hydrogen-bond acceptors (Lipinski definition) is 6. The number of rotatable bonds is 4. The van der Waals surface area contributed by atoms with Gasteiger partial charge in [-0.2, -0.15) is 5.26 Å². The van der Waals surface area contributed by atoms with Crippen LogP contribution in [-0.4, -0.2) is 51.3 Å². The normalized spacial score (nSPS) is 25.9. The van der Waals surface area contributed by atoms with E-state index in [0.717, 1.165) is 47.1 Å². The number of carbonyl (C=O) groups excluding carboxylic acids is 1. The minimum atomic E-state index is -0.416. The first-order chi connectivity index (χ1) is 15.6. The highest BCUT2D eigenvalue weighted by molar-refractivity contribution is 6.03. The molecule has 3 atom stereocenters. The summed E-state index contributed by atoms with van der Waals surface area (Å²) in [7, 11) is 0. The Labute approximate surface area is 185 Å². The number of cyclic esters (lactones) is 1. The minimum Gasteiger partial charge on any atom is -0.436 e. The van der Waals surface area contributed by atoms with Crippen molar-refractivity contribution in [2.24, 2.45) is 5.92 Å². The van der Waals surface area contributed by atoms with Gasteiger partial charge in [0.15, 0.2) is 11.9 Å². The van der Waals surface area contributed by atoms with E-state index in [-0.39, 0.29) is 18.2 Å². The Balaban J connectivity index is 1.51. The Morgan fingerprint density at radius 1 is 1.25 bits per heavy atom. The fourth-order valence-corrected chi connectivity index (χ4v) is 5.07. The van der Waals surface area contributed by atoms with Crippen molar-refractivity contribution in [3.05, 3.63) is 35.8 Å². The first-order valence-corrected chi connectivity index (χ1v) is 11.4. The number of aromatic nitrogens is 3. The molecule has 6 rings (SSSR count). The van der Waals surface area contributed by atoms with Crippen LogP contribution in [0.15, 0.2) is 24.4 Å². The molecule has 0 N–H and O–H groups in total. The third-order valence-electron chi connectivity index (χ3n) is 6.85. The number of hydrogen-bond donors (Lipinski definition) is 0. The molecule has 3 aliphatic rings. The summed E-state index contributed by atoms with van der Waals surface area (Å²) in [4.78, 5) is 23.9. The lowest BCUT2D eigenvalue weighted by molar-refractivity contribution is 0.00504. The number of carbonyl (C=O) groups is 1. The number of pyridine rings is 1. The fourth-order valence-electron chi connectivity index (χ4n) is 5.07. The maximum atomic E-state index is 12.6. The second-order valence-electron chi connectivity index (χ2n) is 9.26. The monoisotopic (exact) mass is 431 g/mol. The predicted molar refractivity (Wildman–Crippen MR) is 117 cm³/mol. The number of nitriles is 1. The van der Waals surface area contributed by atoms with Crippen LogP contribution >= 0.6 is 0 Å². The minimum absolute atomic E-state index is 0.138. The lowest BCUT2D eigenvalue weighted by Gasteiger charge is -2.30. The van der Waals surface area contributed by atoms with E-state index in [1.165, 1.54) is 12.8 Å². The van der Waals surface area contributed by atoms with Gasteiger partial charge in [0.2, 0.25) is 0 Å². The Bertz CT molecular complexity index is 1260. The van der Waals surface area contributed by atoms with E-state index in [2.05, 4.69) is 22.5 Å². The second kappa shape index (κ2) is 7.45. The maximum absolute atomic E-state index is 12.6. The number of fused-ring (bicyclic) bond motifs is 3. The van der Waals surface area contributed by atoms with Crippen LogP contribution in [0.25, 0.3) is 21.9 Å². The van der Waals surface area contributed by atoms with Crippen LogP contribution < -0.4 is 0 Å². The topological polar surface area (TPSA) is 93.3 Å². The molecule has 4 heterocycles. The van der Waals surface area contributed by atoms with Crippen LogP contribution in [0.3, 0.4) is 0 Å². The van der Waals surface area contributed by atoms with E-state index in [1.54, 1.807) is 12.3 Å². The van der Waals surface area contributed by atoms with Crippen LogP contribution in [0.2, 0.25) is 0 Å². The molecule has 8 heteroatoms. The van der Waals surface area contributed by atoms with Crippen molar-refractivity contribution in [1.29, 1.82) is 5.26 Å². The van der Waals surface area contributed by atoms with Crippen molar-refractivity contribution in [2.75, 3.05) is 19.7 Å². The average molecular weight is 431 g/mol. The zero-order chi connectivity index (χ0) is 21.8. The number of amides is 1. The molecule has 0 unspecified atom stereocenters. The van der Waals surface area contributed by atoms with Crippen LogP contribution in [0, 0.1) is 17.2 Å². The summed E-state index contributed by atoms with van der Waals surface area (Å²) in [5.41, 5.74) is 3.13. The molecule has 3 aromatic rings. The van der Waals surface area contributed by atoms with Gasteiger partial charge in [-0.25, -0.2) is 9.78 Å². The van der Waals surface area contributed by atoms with Crippen LogP contribution in [0.1, 0.15) is 56.1 Å². The molecule has 3 fully saturated rings. The van der Waals surface area contributed by atoms with Crippen molar-refractivity contribution in [3.8, 4) is 6.07 Å². The largest absolute Gasteiger partial charge is 0.436 e. The molecule has 1 amide bonds. The van der Waals surface area contributed by atoms with Gasteiger partial charge in [0, 0.05) is 24.6 Å². The second-order valence-corrected chi connectivity index (χ2v) is 9.26. The molecule has 2 aromatic heterocycles. The molecule has 0 spiro atoms. The van der Waals surface area contributed by atoms with E-state index in [0.29, 0.717) is 24.6 Å². The number of imidazole rings is 1. The molecule has 2 aliphatic heterocycles. The van der Waals surface area contributed by atoms with E-state index in [9.17, 15) is 10.1 Å². The summed E-state index contributed by atoms with van der Waals surface area (Å²) in [6, 6.07) is 7.96. The average Bonchev–Trinajstić information content (AvgIpc) is 3.42. The molecule has 164 valence electrons. The van der Waals surface area contributed by atoms with E-state index in [4.69, 9.17) is 14.5 Å². The van der Waals surface area contributed by atoms with Gasteiger partial charge in [-0.05, 0) is 56.7 Å². The Kier molecular flexibility index (Phi) is 4.54. The highest BCUT2D eigenvalue weighted by Gasteiger charge is 2.40. The predicted octanol–water partition coefficient (Wildman–Crippen LogP) is 4.10. The van der Waals surface area contributed by atoms with Crippen LogP contribution in [0.5, 0.6) is 0 Å². The van der Waals surface area contributed by atoms with Gasteiger partial charge in [0.1, 0.15) is 5.52 Å². The van der Waals surface area contributed by atoms with Crippen LogP contribution in [0.4, 0.5) is 4.79 Å². The van der Waals surface area contributed by atoms with Gasteiger partial charge in [-0.15, -0.1) is 0 Å². The lowest BCUT2D eigenvalue weighted by Crippen LogP contribution is -2.28. The maximum Gasteiger partial charge on any atom is 0.410 e. The summed E-state index contributed by atoms with van der Waals surface area (Å²) in [5.74, 6) is 1.37. The zero-order valence-electron chi connectivity index (χ0n) is 18.0. The first kappa shape index (κ1) is 19.5. The van der Waals surface area contributed by atoms with Gasteiger partial charge < -0.3 is 18.9 Å². The summed E-state index contributed by atoms with van der Waals surface area (Å²) in [6.45, 7) is 4.05. The molecule has 1 aliphatic carbocycles. The van der Waals surface area contributed by atoms with E-state index >= 15 is 0 Å². The van der Waals surface area contributed by atoms with Crippen molar-refractivity contribution in [2.45, 2.75) is 50.9 Å². The Hall–Kier alpha value is -3.18. The number of benzene rings is 1. The van der Waals surface area contributed by atoms with E-state index in [1.807, 2.05) is 17.0 Å². The third-order valence-corrected chi connectivity index (χ3v) is 6.85. The Morgan fingerprint density at radius 2 is 2.12 bits per heavy atom. The van der Waals surface area contributed by atoms with Crippen LogP contribution in [-0.2, 0) is 9.47 Å². The van der Waals surface area contributed by atoms with Gasteiger partial charge in [-0.1, -0.05) is 0 Å². The molecule has 8 nitrogen and oxygen atoms in total. The number of nitrogens with zero attached hydrogens (tertiary/aromatic N) is 5. The summed E-state index contributed by atoms with van der Waals surface area (Å²) >= 11 is 0. The molecule has 0 bridgehead atoms. The lowest BCUT2D eigenvalue weighted by atomic mass is 10.0. The van der Waals surface area contributed by atoms with Gasteiger partial charge in [-0.3, -0.25) is 4.98 Å². The van der Waals surface area contributed by atoms with Gasteiger partial charge in [0.25, 0.3) is 0 Å². The SMILES string of the molecule is C[C@@H]1C[C@H](n2c([C@@H]3CN(CC4CC4)C(=O)O3)nc3cnc4ccc(C#N)cc4c32)CCO1. The third kappa shape index (κ3) is 3.28. The fraction of sp³-hybridized carbons (Fsp3) is 0.500. The first-order valence-electron chi connectivity index (χ1n) is 11.4. The standard InChI is InChI=1S/C24H25N5O3/c1-14-8-17(6-7-31-14)29-22-18-9-16(10-25)4-5-19(18)26-11-20(22)27-23(29)21-13-28(24(30)32-21)12-15-2-3-15/h4-5,9,11,14-15,17,21H,2-3,6-8,12-13H2,1H3/t14-,17-,21+/m1/s1. The molecular weight excluding hydrogens is 406 g/mol. The van der Waals surface area contributed by atoms with E-state index < -0.39 is 6.10 Å². The van der Waals surface area contributed by atoms with Crippen molar-refractivity contribution in [1.82, 2.24) is 19.4 Å². The van der Waals surface area contributed by atoms with Crippen molar-refractivity contribution in [3.63, 3.8) is 0 Å². The van der Waals surface area contributed by atoms with Gasteiger partial charge in [0.05, 0.1) is 41.5 Å². The quantitative estimate of drug-likeness (QED) is 0.617. The highest BCUT2D eigenvalue weighted by atomic mass is 16.6. The molecular formula is C24H25N5O3. The van der Waals surface area contributed by atoms with Crippen molar-refractivity contribution < 1.29 is 14.3 Å². The zero-order valence-corrected chi connectivity index (χ0v) is 18.0. The van der Waals surface area contributed by atoms with Gasteiger partial charge >= 0.3 is 6.09 Å². The smallest absolute Gasteiger partial charge is 0.410 e. The van der Waals surface area contributed by atoms with Crippen molar-refractivity contribution >= 4 is 28.0 Å². The molecule has 1 saturated carbocycles. The molecule has 1 aromatic carbocycles. The molecule has 32 heavy (non-hydrogen) atoms. The summed E-state index contributed by atoms with van der Waals surface area (Å²) in [5, 5.41) is 10.4. The number of ether oxygens (including phenoxy) is 2. The summed E-state index contributed by atoms with van der Waals surface area (Å²) in [6.07, 6.45) is 5.34. The molecule has 0 radical (unpaired) electrons. The molecule has 2 saturated heterocycles. The highest BCUT2D eigenvalue weighted by Crippen LogP contribution is 2.39. The Morgan fingerprint density at radius 3 is 2.91 bits per heavy atom.